The molecular formula is C18H13N5O3. The first-order valence-corrected chi connectivity index (χ1v) is 7.70. The maximum Gasteiger partial charge on any atom is 0.335 e. The van der Waals surface area contributed by atoms with Gasteiger partial charge in [0, 0.05) is 16.8 Å². The van der Waals surface area contributed by atoms with Gasteiger partial charge in [0.1, 0.15) is 5.82 Å². The van der Waals surface area contributed by atoms with Crippen LogP contribution in [0.4, 0.5) is 5.69 Å². The smallest absolute Gasteiger partial charge is 0.335 e. The number of carboxylic acid groups (broad SMARTS) is 1. The van der Waals surface area contributed by atoms with Gasteiger partial charge in [-0.1, -0.05) is 24.3 Å². The summed E-state index contributed by atoms with van der Waals surface area (Å²) in [5.41, 5.74) is 9.38. The van der Waals surface area contributed by atoms with Crippen molar-refractivity contribution in [2.75, 3.05) is 5.73 Å². The average Bonchev–Trinajstić information content (AvgIpc) is 3.11. The molecule has 4 rings (SSSR count). The van der Waals surface area contributed by atoms with E-state index in [1.807, 2.05) is 0 Å². The maximum absolute atomic E-state index is 12.0. The van der Waals surface area contributed by atoms with Crippen LogP contribution < -0.4 is 11.3 Å². The Morgan fingerprint density at radius 2 is 1.81 bits per heavy atom. The van der Waals surface area contributed by atoms with E-state index in [0.29, 0.717) is 22.7 Å². The first kappa shape index (κ1) is 15.6. The third kappa shape index (κ3) is 2.59. The number of nitrogens with zero attached hydrogens (tertiary/aromatic N) is 2. The lowest BCUT2D eigenvalue weighted by atomic mass is 10.0. The monoisotopic (exact) mass is 347 g/mol. The van der Waals surface area contributed by atoms with E-state index in [0.717, 1.165) is 11.1 Å². The number of benzene rings is 2. The molecule has 0 aliphatic heterocycles. The number of imidazole rings is 1. The molecule has 8 heteroatoms. The van der Waals surface area contributed by atoms with E-state index in [-0.39, 0.29) is 16.6 Å². The van der Waals surface area contributed by atoms with E-state index >= 15 is 0 Å². The fourth-order valence-corrected chi connectivity index (χ4v) is 2.75. The number of fused-ring (bicyclic) bond motifs is 1. The SMILES string of the molecule is Nc1cc(-c2nc3[nH]cnc3c(=O)[nH]2)ccc1-c1ccc(C(=O)O)cc1. The summed E-state index contributed by atoms with van der Waals surface area (Å²) >= 11 is 0. The quantitative estimate of drug-likeness (QED) is 0.419. The van der Waals surface area contributed by atoms with Gasteiger partial charge in [0.05, 0.1) is 11.9 Å². The van der Waals surface area contributed by atoms with E-state index < -0.39 is 5.97 Å². The number of aromatic carboxylic acids is 1. The average molecular weight is 347 g/mol. The van der Waals surface area contributed by atoms with Crippen molar-refractivity contribution in [1.29, 1.82) is 0 Å². The van der Waals surface area contributed by atoms with Crippen LogP contribution in [0.5, 0.6) is 0 Å². The van der Waals surface area contributed by atoms with Gasteiger partial charge in [-0.05, 0) is 23.8 Å². The topological polar surface area (TPSA) is 138 Å². The van der Waals surface area contributed by atoms with E-state index in [4.69, 9.17) is 10.8 Å². The molecule has 0 aliphatic rings. The summed E-state index contributed by atoms with van der Waals surface area (Å²) in [4.78, 5) is 36.8. The molecule has 0 spiro atoms. The number of hydrogen-bond acceptors (Lipinski definition) is 5. The van der Waals surface area contributed by atoms with E-state index in [9.17, 15) is 9.59 Å². The van der Waals surface area contributed by atoms with Crippen molar-refractivity contribution in [3.63, 3.8) is 0 Å². The van der Waals surface area contributed by atoms with Crippen molar-refractivity contribution in [3.05, 3.63) is 64.7 Å². The molecule has 4 aromatic rings. The standard InChI is InChI=1S/C18H13N5O3/c19-13-7-11(15-22-16-14(17(24)23-15)20-8-21-16)5-6-12(13)9-1-3-10(4-2-9)18(25)26/h1-8H,19H2,(H,25,26)(H2,20,21,22,23,24). The van der Waals surface area contributed by atoms with Crippen LogP contribution in [-0.2, 0) is 0 Å². The van der Waals surface area contributed by atoms with Crippen LogP contribution in [-0.4, -0.2) is 31.0 Å². The summed E-state index contributed by atoms with van der Waals surface area (Å²) in [6, 6.07) is 11.7. The number of aromatic amines is 2. The molecule has 0 atom stereocenters. The van der Waals surface area contributed by atoms with Crippen molar-refractivity contribution < 1.29 is 9.90 Å². The third-order valence-electron chi connectivity index (χ3n) is 4.06. The zero-order valence-electron chi connectivity index (χ0n) is 13.4. The summed E-state index contributed by atoms with van der Waals surface area (Å²) in [6.45, 7) is 0. The van der Waals surface area contributed by atoms with Gasteiger partial charge < -0.3 is 20.8 Å². The van der Waals surface area contributed by atoms with Gasteiger partial charge in [-0.2, -0.15) is 0 Å². The second-order valence-electron chi connectivity index (χ2n) is 5.70. The van der Waals surface area contributed by atoms with E-state index in [1.165, 1.54) is 18.5 Å². The van der Waals surface area contributed by atoms with Crippen LogP contribution in [0.25, 0.3) is 33.7 Å². The number of carboxylic acids is 1. The van der Waals surface area contributed by atoms with Crippen molar-refractivity contribution in [3.8, 4) is 22.5 Å². The molecule has 2 aromatic carbocycles. The highest BCUT2D eigenvalue weighted by atomic mass is 16.4. The van der Waals surface area contributed by atoms with Crippen LogP contribution in [0.2, 0.25) is 0 Å². The van der Waals surface area contributed by atoms with Crippen molar-refractivity contribution in [2.45, 2.75) is 0 Å². The number of nitrogen functional groups attached to an aromatic ring is 1. The molecule has 2 aromatic heterocycles. The molecule has 5 N–H and O–H groups in total. The molecule has 0 saturated heterocycles. The molecule has 128 valence electrons. The number of H-pyrrole nitrogens is 2. The van der Waals surface area contributed by atoms with Gasteiger partial charge in [-0.25, -0.2) is 14.8 Å². The number of aromatic nitrogens is 4. The molecule has 26 heavy (non-hydrogen) atoms. The summed E-state index contributed by atoms with van der Waals surface area (Å²) in [7, 11) is 0. The molecule has 8 nitrogen and oxygen atoms in total. The summed E-state index contributed by atoms with van der Waals surface area (Å²) in [6.07, 6.45) is 1.41. The predicted molar refractivity (Wildman–Crippen MR) is 96.8 cm³/mol. The Bertz CT molecular complexity index is 1190. The lowest BCUT2D eigenvalue weighted by Gasteiger charge is -2.09. The van der Waals surface area contributed by atoms with Crippen molar-refractivity contribution >= 4 is 22.8 Å². The Labute approximate surface area is 146 Å². The number of carbonyl (C=O) groups is 1. The Hall–Kier alpha value is -3.94. The number of rotatable bonds is 3. The van der Waals surface area contributed by atoms with Crippen molar-refractivity contribution in [2.24, 2.45) is 0 Å². The van der Waals surface area contributed by atoms with E-state index in [1.54, 1.807) is 30.3 Å². The molecular weight excluding hydrogens is 334 g/mol. The zero-order valence-corrected chi connectivity index (χ0v) is 13.4. The maximum atomic E-state index is 12.0. The molecule has 0 aliphatic carbocycles. The molecule has 0 unspecified atom stereocenters. The highest BCUT2D eigenvalue weighted by molar-refractivity contribution is 5.89. The summed E-state index contributed by atoms with van der Waals surface area (Å²) < 4.78 is 0. The summed E-state index contributed by atoms with van der Waals surface area (Å²) in [5.74, 6) is -0.602. The number of hydrogen-bond donors (Lipinski definition) is 4. The predicted octanol–water partition coefficient (Wildman–Crippen LogP) is 2.26. The first-order valence-electron chi connectivity index (χ1n) is 7.70. The minimum atomic E-state index is -0.982. The highest BCUT2D eigenvalue weighted by Gasteiger charge is 2.11. The zero-order chi connectivity index (χ0) is 18.3. The van der Waals surface area contributed by atoms with Crippen LogP contribution in [0.3, 0.4) is 0 Å². The van der Waals surface area contributed by atoms with Gasteiger partial charge in [-0.3, -0.25) is 4.79 Å². The van der Waals surface area contributed by atoms with Gasteiger partial charge in [0.15, 0.2) is 11.2 Å². The van der Waals surface area contributed by atoms with Gasteiger partial charge >= 0.3 is 5.97 Å². The first-order chi connectivity index (χ1) is 12.5. The van der Waals surface area contributed by atoms with Crippen molar-refractivity contribution in [1.82, 2.24) is 19.9 Å². The molecule has 0 saturated carbocycles. The lowest BCUT2D eigenvalue weighted by molar-refractivity contribution is 0.0697. The van der Waals surface area contributed by atoms with Crippen LogP contribution in [0, 0.1) is 0 Å². The molecule has 0 bridgehead atoms. The second-order valence-corrected chi connectivity index (χ2v) is 5.70. The Kier molecular flexibility index (Phi) is 3.51. The second kappa shape index (κ2) is 5.85. The number of nitrogens with two attached hydrogens (primary N) is 1. The van der Waals surface area contributed by atoms with E-state index in [2.05, 4.69) is 19.9 Å². The molecule has 0 fully saturated rings. The largest absolute Gasteiger partial charge is 0.478 e. The number of anilines is 1. The van der Waals surface area contributed by atoms with Crippen LogP contribution in [0.1, 0.15) is 10.4 Å². The van der Waals surface area contributed by atoms with Gasteiger partial charge in [-0.15, -0.1) is 0 Å². The van der Waals surface area contributed by atoms with Gasteiger partial charge in [0.25, 0.3) is 5.56 Å². The Balaban J connectivity index is 1.75. The normalized spacial score (nSPS) is 10.9. The molecule has 0 amide bonds. The number of nitrogens with one attached hydrogen (secondary N) is 2. The molecule has 2 heterocycles. The Morgan fingerprint density at radius 3 is 2.50 bits per heavy atom. The third-order valence-corrected chi connectivity index (χ3v) is 4.06. The Morgan fingerprint density at radius 1 is 1.08 bits per heavy atom. The lowest BCUT2D eigenvalue weighted by Crippen LogP contribution is -2.09. The minimum Gasteiger partial charge on any atom is -0.478 e. The van der Waals surface area contributed by atoms with Gasteiger partial charge in [0.2, 0.25) is 0 Å². The summed E-state index contributed by atoms with van der Waals surface area (Å²) in [5, 5.41) is 8.98. The fourth-order valence-electron chi connectivity index (χ4n) is 2.75. The highest BCUT2D eigenvalue weighted by Crippen LogP contribution is 2.29. The molecule has 0 radical (unpaired) electrons. The fraction of sp³-hybridized carbons (Fsp3) is 0. The van der Waals surface area contributed by atoms with Crippen LogP contribution in [0.15, 0.2) is 53.6 Å². The minimum absolute atomic E-state index is 0.207. The van der Waals surface area contributed by atoms with Crippen LogP contribution >= 0.6 is 0 Å².